The van der Waals surface area contributed by atoms with Gasteiger partial charge in [0, 0.05) is 24.4 Å². The van der Waals surface area contributed by atoms with Gasteiger partial charge in [0.1, 0.15) is 17.3 Å². The molecule has 0 radical (unpaired) electrons. The Morgan fingerprint density at radius 2 is 2.00 bits per heavy atom. The molecule has 1 N–H and O–H groups in total. The monoisotopic (exact) mass is 416 g/mol. The highest BCUT2D eigenvalue weighted by atomic mass is 19.1. The Hall–Kier alpha value is -3.81. The molecular formula is C23H21FN6O. The van der Waals surface area contributed by atoms with Gasteiger partial charge in [0.15, 0.2) is 5.82 Å². The molecule has 4 heterocycles. The fourth-order valence-electron chi connectivity index (χ4n) is 3.95. The average molecular weight is 416 g/mol. The zero-order valence-electron chi connectivity index (χ0n) is 17.0. The van der Waals surface area contributed by atoms with Crippen molar-refractivity contribution in [2.75, 3.05) is 0 Å². The van der Waals surface area contributed by atoms with E-state index < -0.39 is 0 Å². The normalized spacial score (nSPS) is 16.0. The summed E-state index contributed by atoms with van der Waals surface area (Å²) in [5.41, 5.74) is 2.86. The van der Waals surface area contributed by atoms with Crippen molar-refractivity contribution in [3.8, 4) is 5.69 Å². The van der Waals surface area contributed by atoms with E-state index in [-0.39, 0.29) is 17.3 Å². The molecule has 0 aliphatic carbocycles. The largest absolute Gasteiger partial charge is 0.321 e. The van der Waals surface area contributed by atoms with Crippen LogP contribution in [0, 0.1) is 12.7 Å². The summed E-state index contributed by atoms with van der Waals surface area (Å²) < 4.78 is 16.9. The van der Waals surface area contributed by atoms with Crippen LogP contribution in [-0.4, -0.2) is 29.3 Å². The van der Waals surface area contributed by atoms with Crippen molar-refractivity contribution in [2.45, 2.75) is 32.2 Å². The Morgan fingerprint density at radius 1 is 1.16 bits per heavy atom. The fraction of sp³-hybridized carbons (Fsp3) is 0.217. The first-order chi connectivity index (χ1) is 15.1. The Labute approximate surface area is 177 Å². The number of aryl methyl sites for hydroxylation is 2. The number of aromatic nitrogens is 6. The van der Waals surface area contributed by atoms with Crippen LogP contribution in [0.1, 0.15) is 47.4 Å². The van der Waals surface area contributed by atoms with Gasteiger partial charge in [-0.2, -0.15) is 5.10 Å². The fourth-order valence-corrected chi connectivity index (χ4v) is 3.95. The van der Waals surface area contributed by atoms with Crippen LogP contribution >= 0.6 is 0 Å². The van der Waals surface area contributed by atoms with Gasteiger partial charge >= 0.3 is 0 Å². The molecule has 3 aromatic heterocycles. The maximum Gasteiger partial charge on any atom is 0.272 e. The van der Waals surface area contributed by atoms with Gasteiger partial charge in [-0.15, -0.1) is 0 Å². The summed E-state index contributed by atoms with van der Waals surface area (Å²) in [5.74, 6) is 1.32. The number of hydrogen-bond acceptors (Lipinski definition) is 4. The van der Waals surface area contributed by atoms with E-state index in [1.165, 1.54) is 12.1 Å². The topological polar surface area (TPSA) is 81.4 Å². The van der Waals surface area contributed by atoms with E-state index in [1.54, 1.807) is 35.3 Å². The molecular weight excluding hydrogens is 395 g/mol. The van der Waals surface area contributed by atoms with Crippen molar-refractivity contribution in [2.24, 2.45) is 0 Å². The zero-order valence-corrected chi connectivity index (χ0v) is 17.0. The van der Waals surface area contributed by atoms with Crippen LogP contribution in [-0.2, 0) is 6.54 Å². The van der Waals surface area contributed by atoms with E-state index in [0.29, 0.717) is 17.2 Å². The Kier molecular flexibility index (Phi) is 4.82. The van der Waals surface area contributed by atoms with Gasteiger partial charge in [0.25, 0.3) is 5.56 Å². The number of nitrogens with zero attached hydrogens (tertiary/aromatic N) is 5. The lowest BCUT2D eigenvalue weighted by atomic mass is 9.91. The number of rotatable bonds is 4. The standard InChI is InChI=1S/C23H21FN6O/c1-15-13-29(14-25-15)20-10-8-18(26-23(20)31)9-11-21-27-22-19(3-2-12-30(22)28-21)16-4-6-17(24)7-5-16/h4-11,13-14,19H,2-3,12H2,1H3,(H,26,31). The molecule has 0 bridgehead atoms. The number of H-pyrrole nitrogens is 1. The van der Waals surface area contributed by atoms with Crippen LogP contribution < -0.4 is 5.56 Å². The summed E-state index contributed by atoms with van der Waals surface area (Å²) in [6, 6.07) is 10.2. The lowest BCUT2D eigenvalue weighted by Crippen LogP contribution is -2.17. The van der Waals surface area contributed by atoms with E-state index in [1.807, 2.05) is 29.8 Å². The molecule has 0 amide bonds. The van der Waals surface area contributed by atoms with Crippen molar-refractivity contribution < 1.29 is 4.39 Å². The number of pyridine rings is 1. The van der Waals surface area contributed by atoms with Crippen molar-refractivity contribution in [3.05, 3.63) is 93.7 Å². The SMILES string of the molecule is Cc1cn(-c2ccc(C=Cc3nc4n(n3)CCCC4c3ccc(F)cc3)[nH]c2=O)cn1. The van der Waals surface area contributed by atoms with Crippen LogP contribution in [0.25, 0.3) is 17.8 Å². The molecule has 0 saturated carbocycles. The average Bonchev–Trinajstić information content (AvgIpc) is 3.38. The van der Waals surface area contributed by atoms with Crippen LogP contribution in [0.15, 0.2) is 53.7 Å². The number of imidazole rings is 1. The van der Waals surface area contributed by atoms with E-state index >= 15 is 0 Å². The van der Waals surface area contributed by atoms with Gasteiger partial charge in [-0.1, -0.05) is 12.1 Å². The van der Waals surface area contributed by atoms with Gasteiger partial charge in [0.2, 0.25) is 0 Å². The second-order valence-corrected chi connectivity index (χ2v) is 7.68. The van der Waals surface area contributed by atoms with Gasteiger partial charge in [-0.25, -0.2) is 19.0 Å². The highest BCUT2D eigenvalue weighted by Gasteiger charge is 2.25. The molecule has 0 fully saturated rings. The number of benzene rings is 1. The van der Waals surface area contributed by atoms with Crippen molar-refractivity contribution in [3.63, 3.8) is 0 Å². The summed E-state index contributed by atoms with van der Waals surface area (Å²) in [6.45, 7) is 2.68. The molecule has 1 aromatic carbocycles. The Bertz CT molecular complexity index is 1310. The summed E-state index contributed by atoms with van der Waals surface area (Å²) in [7, 11) is 0. The van der Waals surface area contributed by atoms with E-state index in [9.17, 15) is 9.18 Å². The minimum atomic E-state index is -0.243. The molecule has 8 heteroatoms. The smallest absolute Gasteiger partial charge is 0.272 e. The molecule has 1 aliphatic heterocycles. The lowest BCUT2D eigenvalue weighted by molar-refractivity contribution is 0.445. The first kappa shape index (κ1) is 19.2. The Morgan fingerprint density at radius 3 is 2.74 bits per heavy atom. The molecule has 5 rings (SSSR count). The molecule has 4 aromatic rings. The molecule has 0 saturated heterocycles. The third kappa shape index (κ3) is 3.84. The van der Waals surface area contributed by atoms with Gasteiger partial charge in [-0.3, -0.25) is 4.79 Å². The summed E-state index contributed by atoms with van der Waals surface area (Å²) in [6.07, 6.45) is 8.95. The van der Waals surface area contributed by atoms with Crippen molar-refractivity contribution in [1.29, 1.82) is 0 Å². The third-order valence-electron chi connectivity index (χ3n) is 5.48. The molecule has 156 valence electrons. The highest BCUT2D eigenvalue weighted by Crippen LogP contribution is 2.32. The second kappa shape index (κ2) is 7.79. The zero-order chi connectivity index (χ0) is 21.4. The number of aromatic amines is 1. The summed E-state index contributed by atoms with van der Waals surface area (Å²) in [5, 5.41) is 4.59. The molecule has 1 unspecified atom stereocenters. The lowest BCUT2D eigenvalue weighted by Gasteiger charge is -2.22. The van der Waals surface area contributed by atoms with Crippen molar-refractivity contribution >= 4 is 12.2 Å². The summed E-state index contributed by atoms with van der Waals surface area (Å²) in [4.78, 5) is 24.2. The Balaban J connectivity index is 1.39. The van der Waals surface area contributed by atoms with E-state index in [0.717, 1.165) is 36.5 Å². The minimum Gasteiger partial charge on any atom is -0.321 e. The highest BCUT2D eigenvalue weighted by molar-refractivity contribution is 5.64. The molecule has 7 nitrogen and oxygen atoms in total. The van der Waals surface area contributed by atoms with Gasteiger partial charge in [-0.05, 0) is 61.7 Å². The van der Waals surface area contributed by atoms with Crippen molar-refractivity contribution in [1.82, 2.24) is 29.3 Å². The van der Waals surface area contributed by atoms with E-state index in [2.05, 4.69) is 15.1 Å². The summed E-state index contributed by atoms with van der Waals surface area (Å²) >= 11 is 0. The predicted molar refractivity (Wildman–Crippen MR) is 115 cm³/mol. The molecule has 1 atom stereocenters. The van der Waals surface area contributed by atoms with Crippen LogP contribution in [0.4, 0.5) is 4.39 Å². The number of hydrogen-bond donors (Lipinski definition) is 1. The maximum absolute atomic E-state index is 13.3. The van der Waals surface area contributed by atoms with E-state index in [4.69, 9.17) is 4.98 Å². The van der Waals surface area contributed by atoms with Crippen LogP contribution in [0.3, 0.4) is 0 Å². The minimum absolute atomic E-state index is 0.0988. The predicted octanol–water partition coefficient (Wildman–Crippen LogP) is 3.70. The van der Waals surface area contributed by atoms with Gasteiger partial charge in [0.05, 0.1) is 12.0 Å². The van der Waals surface area contributed by atoms with Crippen LogP contribution in [0.5, 0.6) is 0 Å². The number of halogens is 1. The quantitative estimate of drug-likeness (QED) is 0.550. The first-order valence-corrected chi connectivity index (χ1v) is 10.2. The molecule has 31 heavy (non-hydrogen) atoms. The second-order valence-electron chi connectivity index (χ2n) is 7.68. The molecule has 1 aliphatic rings. The first-order valence-electron chi connectivity index (χ1n) is 10.2. The van der Waals surface area contributed by atoms with Crippen LogP contribution in [0.2, 0.25) is 0 Å². The third-order valence-corrected chi connectivity index (χ3v) is 5.48. The number of nitrogens with one attached hydrogen (secondary N) is 1. The maximum atomic E-state index is 13.3. The number of fused-ring (bicyclic) bond motifs is 1. The molecule has 0 spiro atoms. The van der Waals surface area contributed by atoms with Gasteiger partial charge < -0.3 is 9.55 Å².